The number of nitrogens with zero attached hydrogens (tertiary/aromatic N) is 1. The molecule has 0 radical (unpaired) electrons. The van der Waals surface area contributed by atoms with Gasteiger partial charge in [0.15, 0.2) is 0 Å². The second kappa shape index (κ2) is 7.43. The van der Waals surface area contributed by atoms with E-state index in [1.54, 1.807) is 0 Å². The summed E-state index contributed by atoms with van der Waals surface area (Å²) in [4.78, 5) is 2.42. The van der Waals surface area contributed by atoms with Crippen LogP contribution in [0.4, 0.5) is 0 Å². The zero-order valence-corrected chi connectivity index (χ0v) is 14.1. The van der Waals surface area contributed by atoms with Crippen molar-refractivity contribution >= 4 is 0 Å². The van der Waals surface area contributed by atoms with Gasteiger partial charge in [0.2, 0.25) is 0 Å². The van der Waals surface area contributed by atoms with Crippen LogP contribution in [0.25, 0.3) is 0 Å². The van der Waals surface area contributed by atoms with Crippen LogP contribution in [0.1, 0.15) is 44.8 Å². The van der Waals surface area contributed by atoms with Gasteiger partial charge in [-0.15, -0.1) is 0 Å². The van der Waals surface area contributed by atoms with Crippen molar-refractivity contribution in [3.8, 4) is 0 Å². The van der Waals surface area contributed by atoms with Crippen molar-refractivity contribution in [2.75, 3.05) is 19.6 Å². The van der Waals surface area contributed by atoms with Crippen molar-refractivity contribution in [3.05, 3.63) is 23.2 Å². The largest absolute Gasteiger partial charge is 0.465 e. The highest BCUT2D eigenvalue weighted by molar-refractivity contribution is 5.20. The minimum absolute atomic E-state index is 0.303. The summed E-state index contributed by atoms with van der Waals surface area (Å²) in [7, 11) is 0. The second-order valence-electron chi connectivity index (χ2n) is 6.77. The van der Waals surface area contributed by atoms with E-state index in [4.69, 9.17) is 9.15 Å². The summed E-state index contributed by atoms with van der Waals surface area (Å²) in [6, 6.07) is 2.20. The van der Waals surface area contributed by atoms with Gasteiger partial charge in [-0.05, 0) is 39.3 Å². The topological polar surface area (TPSA) is 37.6 Å². The van der Waals surface area contributed by atoms with Gasteiger partial charge in [-0.3, -0.25) is 4.90 Å². The van der Waals surface area contributed by atoms with Crippen LogP contribution in [-0.4, -0.2) is 36.7 Å². The van der Waals surface area contributed by atoms with Gasteiger partial charge in [0.05, 0.1) is 18.8 Å². The summed E-state index contributed by atoms with van der Waals surface area (Å²) in [6.07, 6.45) is 0.606. The molecule has 0 amide bonds. The fourth-order valence-corrected chi connectivity index (χ4v) is 2.97. The molecule has 1 aromatic heterocycles. The molecule has 1 saturated heterocycles. The number of hydrogen-bond acceptors (Lipinski definition) is 4. The minimum atomic E-state index is 0.303. The second-order valence-corrected chi connectivity index (χ2v) is 6.77. The first kappa shape index (κ1) is 16.5. The Morgan fingerprint density at radius 1 is 1.29 bits per heavy atom. The van der Waals surface area contributed by atoms with E-state index in [9.17, 15) is 0 Å². The lowest BCUT2D eigenvalue weighted by Crippen LogP contribution is -2.44. The molecule has 0 aromatic carbocycles. The molecule has 0 aliphatic carbocycles. The Labute approximate surface area is 128 Å². The number of ether oxygens (including phenoxy) is 1. The van der Waals surface area contributed by atoms with E-state index in [2.05, 4.69) is 50.9 Å². The van der Waals surface area contributed by atoms with Crippen LogP contribution in [0.15, 0.2) is 10.5 Å². The van der Waals surface area contributed by atoms with Crippen molar-refractivity contribution in [1.82, 2.24) is 10.2 Å². The Kier molecular flexibility index (Phi) is 5.85. The normalized spacial score (nSPS) is 23.9. The molecule has 2 rings (SSSR count). The Bertz CT molecular complexity index is 432. The Morgan fingerprint density at radius 3 is 2.57 bits per heavy atom. The molecule has 4 nitrogen and oxygen atoms in total. The van der Waals surface area contributed by atoms with Crippen LogP contribution in [0, 0.1) is 12.8 Å². The van der Waals surface area contributed by atoms with E-state index < -0.39 is 0 Å². The van der Waals surface area contributed by atoms with E-state index in [1.807, 2.05) is 0 Å². The van der Waals surface area contributed by atoms with Gasteiger partial charge >= 0.3 is 0 Å². The Morgan fingerprint density at radius 2 is 1.95 bits per heavy atom. The quantitative estimate of drug-likeness (QED) is 0.875. The summed E-state index contributed by atoms with van der Waals surface area (Å²) < 4.78 is 11.7. The van der Waals surface area contributed by atoms with Gasteiger partial charge in [-0.25, -0.2) is 0 Å². The molecule has 0 spiro atoms. The van der Waals surface area contributed by atoms with Gasteiger partial charge in [0.1, 0.15) is 11.5 Å². The van der Waals surface area contributed by atoms with Crippen LogP contribution in [0.5, 0.6) is 0 Å². The fraction of sp³-hybridized carbons (Fsp3) is 0.765. The maximum Gasteiger partial charge on any atom is 0.118 e. The van der Waals surface area contributed by atoms with Crippen LogP contribution in [0.3, 0.4) is 0 Å². The molecule has 1 aromatic rings. The van der Waals surface area contributed by atoms with Gasteiger partial charge in [0.25, 0.3) is 0 Å². The summed E-state index contributed by atoms with van der Waals surface area (Å²) >= 11 is 0. The van der Waals surface area contributed by atoms with Gasteiger partial charge < -0.3 is 14.5 Å². The van der Waals surface area contributed by atoms with Gasteiger partial charge in [-0.2, -0.15) is 0 Å². The van der Waals surface area contributed by atoms with E-state index in [0.29, 0.717) is 18.1 Å². The lowest BCUT2D eigenvalue weighted by Gasteiger charge is -2.34. The van der Waals surface area contributed by atoms with Gasteiger partial charge in [-0.1, -0.05) is 13.8 Å². The summed E-state index contributed by atoms with van der Waals surface area (Å²) in [5.74, 6) is 2.78. The number of hydrogen-bond donors (Lipinski definition) is 1. The first-order chi connectivity index (χ1) is 9.94. The molecule has 1 aliphatic heterocycles. The van der Waals surface area contributed by atoms with Crippen LogP contribution < -0.4 is 5.32 Å². The van der Waals surface area contributed by atoms with Crippen molar-refractivity contribution in [1.29, 1.82) is 0 Å². The molecule has 1 fully saturated rings. The van der Waals surface area contributed by atoms with Gasteiger partial charge in [0, 0.05) is 25.2 Å². The third-order valence-corrected chi connectivity index (χ3v) is 3.81. The fourth-order valence-electron chi connectivity index (χ4n) is 2.97. The van der Waals surface area contributed by atoms with E-state index in [0.717, 1.165) is 44.2 Å². The highest BCUT2D eigenvalue weighted by Crippen LogP contribution is 2.19. The third-order valence-electron chi connectivity index (χ3n) is 3.81. The van der Waals surface area contributed by atoms with E-state index >= 15 is 0 Å². The average Bonchev–Trinajstić information content (AvgIpc) is 2.67. The molecule has 2 unspecified atom stereocenters. The van der Waals surface area contributed by atoms with Crippen molar-refractivity contribution in [2.24, 2.45) is 5.92 Å². The molecule has 2 heterocycles. The Balaban J connectivity index is 1.89. The van der Waals surface area contributed by atoms with E-state index in [-0.39, 0.29) is 0 Å². The predicted octanol–water partition coefficient (Wildman–Crippen LogP) is 2.94. The summed E-state index contributed by atoms with van der Waals surface area (Å²) in [5.41, 5.74) is 1.28. The molecule has 1 N–H and O–H groups in total. The number of morpholine rings is 1. The summed E-state index contributed by atoms with van der Waals surface area (Å²) in [6.45, 7) is 15.5. The number of rotatable bonds is 6. The van der Waals surface area contributed by atoms with Crippen molar-refractivity contribution in [3.63, 3.8) is 0 Å². The highest BCUT2D eigenvalue weighted by Gasteiger charge is 2.23. The van der Waals surface area contributed by atoms with Crippen LogP contribution in [0.2, 0.25) is 0 Å². The first-order valence-electron chi connectivity index (χ1n) is 8.10. The van der Waals surface area contributed by atoms with E-state index in [1.165, 1.54) is 5.56 Å². The first-order valence-corrected chi connectivity index (χ1v) is 8.10. The smallest absolute Gasteiger partial charge is 0.118 e. The molecule has 0 saturated carbocycles. The number of nitrogens with one attached hydrogen (secondary N) is 1. The number of aryl methyl sites for hydroxylation is 1. The molecular weight excluding hydrogens is 264 g/mol. The lowest BCUT2D eigenvalue weighted by atomic mass is 10.2. The third kappa shape index (κ3) is 5.13. The Hall–Kier alpha value is -0.840. The monoisotopic (exact) mass is 294 g/mol. The average molecular weight is 294 g/mol. The maximum atomic E-state index is 5.92. The standard InChI is InChI=1S/C17H30N2O2/c1-12(2)7-18-8-16-6-17(21-15(16)5)11-19-9-13(3)20-14(4)10-19/h6,12-14,18H,7-11H2,1-5H3. The molecule has 120 valence electrons. The molecule has 2 atom stereocenters. The molecule has 0 bridgehead atoms. The molecule has 1 aliphatic rings. The predicted molar refractivity (Wildman–Crippen MR) is 85.3 cm³/mol. The summed E-state index contributed by atoms with van der Waals surface area (Å²) in [5, 5.41) is 3.48. The SMILES string of the molecule is Cc1oc(CN2CC(C)OC(C)C2)cc1CNCC(C)C. The zero-order valence-electron chi connectivity index (χ0n) is 14.1. The molecule has 4 heteroatoms. The van der Waals surface area contributed by atoms with Crippen LogP contribution >= 0.6 is 0 Å². The maximum absolute atomic E-state index is 5.92. The lowest BCUT2D eigenvalue weighted by molar-refractivity contribution is -0.0718. The molecule has 21 heavy (non-hydrogen) atoms. The molecular formula is C17H30N2O2. The highest BCUT2D eigenvalue weighted by atomic mass is 16.5. The minimum Gasteiger partial charge on any atom is -0.465 e. The van der Waals surface area contributed by atoms with Crippen molar-refractivity contribution < 1.29 is 9.15 Å². The van der Waals surface area contributed by atoms with Crippen molar-refractivity contribution in [2.45, 2.75) is 59.9 Å². The van der Waals surface area contributed by atoms with Crippen LogP contribution in [-0.2, 0) is 17.8 Å². The zero-order chi connectivity index (χ0) is 15.4. The number of furan rings is 1.